The van der Waals surface area contributed by atoms with Gasteiger partial charge in [0.05, 0.1) is 17.8 Å². The molecule has 2 heterocycles. The number of nitrogens with zero attached hydrogens (tertiary/aromatic N) is 1. The van der Waals surface area contributed by atoms with Crippen LogP contribution >= 0.6 is 0 Å². The molecule has 0 spiro atoms. The van der Waals surface area contributed by atoms with E-state index in [0.717, 1.165) is 46.3 Å². The minimum atomic E-state index is -0.469. The highest BCUT2D eigenvalue weighted by Crippen LogP contribution is 2.32. The molecule has 1 saturated heterocycles. The van der Waals surface area contributed by atoms with Crippen LogP contribution in [0.2, 0.25) is 0 Å². The summed E-state index contributed by atoms with van der Waals surface area (Å²) < 4.78 is 10.9. The largest absolute Gasteiger partial charge is 0.444 e. The topological polar surface area (TPSA) is 66.6 Å². The lowest BCUT2D eigenvalue weighted by molar-refractivity contribution is 0.0210. The van der Waals surface area contributed by atoms with E-state index in [1.54, 1.807) is 7.11 Å². The number of ether oxygens (including phenoxy) is 2. The van der Waals surface area contributed by atoms with E-state index in [1.165, 1.54) is 0 Å². The Balaban J connectivity index is 1.52. The van der Waals surface area contributed by atoms with E-state index in [1.807, 2.05) is 31.7 Å². The van der Waals surface area contributed by atoms with Crippen LogP contribution in [0.1, 0.15) is 39.2 Å². The molecule has 0 unspecified atom stereocenters. The number of anilines is 1. The second kappa shape index (κ2) is 9.25. The van der Waals surface area contributed by atoms with Gasteiger partial charge < -0.3 is 24.7 Å². The van der Waals surface area contributed by atoms with Crippen LogP contribution in [0.25, 0.3) is 22.2 Å². The number of likely N-dealkylation sites (tertiary alicyclic amines) is 1. The van der Waals surface area contributed by atoms with Crippen molar-refractivity contribution in [3.05, 3.63) is 54.1 Å². The number of amides is 1. The van der Waals surface area contributed by atoms with E-state index in [9.17, 15) is 4.79 Å². The van der Waals surface area contributed by atoms with Crippen LogP contribution in [0.4, 0.5) is 10.5 Å². The number of H-pyrrole nitrogens is 1. The first-order valence-corrected chi connectivity index (χ1v) is 11.3. The molecule has 2 aromatic carbocycles. The lowest BCUT2D eigenvalue weighted by atomic mass is 10.0. The van der Waals surface area contributed by atoms with Gasteiger partial charge in [0.1, 0.15) is 5.60 Å². The maximum atomic E-state index is 12.4. The van der Waals surface area contributed by atoms with E-state index < -0.39 is 5.60 Å². The summed E-state index contributed by atoms with van der Waals surface area (Å²) in [5, 5.41) is 4.89. The summed E-state index contributed by atoms with van der Waals surface area (Å²) in [5.74, 6) is 0. The Morgan fingerprint density at radius 3 is 2.50 bits per heavy atom. The lowest BCUT2D eigenvalue weighted by Gasteiger charge is -2.34. The van der Waals surface area contributed by atoms with Crippen LogP contribution in [0.3, 0.4) is 0 Å². The first-order chi connectivity index (χ1) is 15.3. The fourth-order valence-corrected chi connectivity index (χ4v) is 4.20. The van der Waals surface area contributed by atoms with Crippen molar-refractivity contribution in [2.45, 2.75) is 51.9 Å². The first-order valence-electron chi connectivity index (χ1n) is 11.3. The number of nitrogens with one attached hydrogen (secondary N) is 2. The van der Waals surface area contributed by atoms with Crippen molar-refractivity contribution >= 4 is 22.7 Å². The number of piperidine rings is 1. The third kappa shape index (κ3) is 5.25. The number of aromatic amines is 1. The molecule has 1 aliphatic rings. The lowest BCUT2D eigenvalue weighted by Crippen LogP contribution is -2.44. The van der Waals surface area contributed by atoms with E-state index in [4.69, 9.17) is 9.47 Å². The highest BCUT2D eigenvalue weighted by atomic mass is 16.6. The normalized spacial score (nSPS) is 15.2. The zero-order chi connectivity index (χ0) is 22.7. The van der Waals surface area contributed by atoms with E-state index in [2.05, 4.69) is 52.8 Å². The van der Waals surface area contributed by atoms with Crippen molar-refractivity contribution in [1.82, 2.24) is 9.88 Å². The number of hydrogen-bond acceptors (Lipinski definition) is 4. The molecule has 0 atom stereocenters. The van der Waals surface area contributed by atoms with Gasteiger partial charge in [-0.25, -0.2) is 4.79 Å². The summed E-state index contributed by atoms with van der Waals surface area (Å²) in [4.78, 5) is 17.8. The summed E-state index contributed by atoms with van der Waals surface area (Å²) in [7, 11) is 1.72. The fraction of sp³-hybridized carbons (Fsp3) is 0.423. The number of aromatic nitrogens is 1. The van der Waals surface area contributed by atoms with Gasteiger partial charge in [-0.05, 0) is 62.9 Å². The molecule has 1 aromatic heterocycles. The van der Waals surface area contributed by atoms with Crippen molar-refractivity contribution in [2.24, 2.45) is 0 Å². The van der Waals surface area contributed by atoms with Crippen LogP contribution in [0, 0.1) is 0 Å². The van der Waals surface area contributed by atoms with Gasteiger partial charge in [0.25, 0.3) is 0 Å². The van der Waals surface area contributed by atoms with Crippen molar-refractivity contribution < 1.29 is 14.3 Å². The third-order valence-electron chi connectivity index (χ3n) is 5.69. The quantitative estimate of drug-likeness (QED) is 0.532. The SMILES string of the molecule is COCc1cc(NC2CCN(C(=O)OC(C)(C)C)CC2)c2[nH]c(-c3ccccc3)cc2c1. The molecule has 6 nitrogen and oxygen atoms in total. The van der Waals surface area contributed by atoms with Gasteiger partial charge in [-0.1, -0.05) is 30.3 Å². The Labute approximate surface area is 189 Å². The van der Waals surface area contributed by atoms with Gasteiger partial charge in [0, 0.05) is 37.3 Å². The first kappa shape index (κ1) is 22.2. The minimum absolute atomic E-state index is 0.225. The molecule has 0 saturated carbocycles. The van der Waals surface area contributed by atoms with Gasteiger partial charge in [-0.15, -0.1) is 0 Å². The average Bonchev–Trinajstić information content (AvgIpc) is 3.18. The van der Waals surface area contributed by atoms with E-state index in [0.29, 0.717) is 19.7 Å². The predicted molar refractivity (Wildman–Crippen MR) is 129 cm³/mol. The monoisotopic (exact) mass is 435 g/mol. The van der Waals surface area contributed by atoms with E-state index >= 15 is 0 Å². The summed E-state index contributed by atoms with van der Waals surface area (Å²) in [6.07, 6.45) is 1.53. The number of benzene rings is 2. The summed E-state index contributed by atoms with van der Waals surface area (Å²) in [6, 6.07) is 17.2. The van der Waals surface area contributed by atoms with Crippen LogP contribution < -0.4 is 5.32 Å². The maximum absolute atomic E-state index is 12.4. The molecule has 3 aromatic rings. The molecule has 1 fully saturated rings. The van der Waals surface area contributed by atoms with Crippen LogP contribution in [0.15, 0.2) is 48.5 Å². The smallest absolute Gasteiger partial charge is 0.410 e. The Bertz CT molecular complexity index is 1060. The van der Waals surface area contributed by atoms with Crippen molar-refractivity contribution in [1.29, 1.82) is 0 Å². The predicted octanol–water partition coefficient (Wildman–Crippen LogP) is 5.79. The van der Waals surface area contributed by atoms with Crippen LogP contribution in [-0.2, 0) is 16.1 Å². The molecule has 0 aliphatic carbocycles. The molecule has 1 aliphatic heterocycles. The minimum Gasteiger partial charge on any atom is -0.444 e. The number of carbonyl (C=O) groups is 1. The molecule has 4 rings (SSSR count). The summed E-state index contributed by atoms with van der Waals surface area (Å²) in [6.45, 7) is 7.64. The van der Waals surface area contributed by atoms with Gasteiger partial charge in [-0.2, -0.15) is 0 Å². The molecule has 32 heavy (non-hydrogen) atoms. The molecule has 0 radical (unpaired) electrons. The Hall–Kier alpha value is -2.99. The van der Waals surface area contributed by atoms with Crippen LogP contribution in [-0.4, -0.2) is 47.8 Å². The number of rotatable bonds is 5. The standard InChI is InChI=1S/C26H33N3O3/c1-26(2,3)32-25(30)29-12-10-21(11-13-29)27-23-15-18(17-31-4)14-20-16-22(28-24(20)23)19-8-6-5-7-9-19/h5-9,14-16,21,27-28H,10-13,17H2,1-4H3. The molecular weight excluding hydrogens is 402 g/mol. The van der Waals surface area contributed by atoms with Crippen LogP contribution in [0.5, 0.6) is 0 Å². The zero-order valence-electron chi connectivity index (χ0n) is 19.4. The van der Waals surface area contributed by atoms with Gasteiger partial charge in [0.15, 0.2) is 0 Å². The highest BCUT2D eigenvalue weighted by molar-refractivity contribution is 5.95. The third-order valence-corrected chi connectivity index (χ3v) is 5.69. The van der Waals surface area contributed by atoms with Crippen molar-refractivity contribution in [2.75, 3.05) is 25.5 Å². The second-order valence-corrected chi connectivity index (χ2v) is 9.48. The fourth-order valence-electron chi connectivity index (χ4n) is 4.20. The number of carbonyl (C=O) groups excluding carboxylic acids is 1. The maximum Gasteiger partial charge on any atom is 0.410 e. The molecule has 0 bridgehead atoms. The van der Waals surface area contributed by atoms with Crippen molar-refractivity contribution in [3.8, 4) is 11.3 Å². The van der Waals surface area contributed by atoms with Crippen molar-refractivity contribution in [3.63, 3.8) is 0 Å². The molecule has 1 amide bonds. The van der Waals surface area contributed by atoms with Gasteiger partial charge >= 0.3 is 6.09 Å². The summed E-state index contributed by atoms with van der Waals surface area (Å²) in [5.41, 5.74) is 5.09. The zero-order valence-corrected chi connectivity index (χ0v) is 19.4. The van der Waals surface area contributed by atoms with Gasteiger partial charge in [0.2, 0.25) is 0 Å². The molecular formula is C26H33N3O3. The Morgan fingerprint density at radius 2 is 1.84 bits per heavy atom. The summed E-state index contributed by atoms with van der Waals surface area (Å²) >= 11 is 0. The molecule has 2 N–H and O–H groups in total. The van der Waals surface area contributed by atoms with Gasteiger partial charge in [-0.3, -0.25) is 0 Å². The van der Waals surface area contributed by atoms with E-state index in [-0.39, 0.29) is 12.1 Å². The second-order valence-electron chi connectivity index (χ2n) is 9.48. The number of hydrogen-bond donors (Lipinski definition) is 2. The molecule has 6 heteroatoms. The Kier molecular flexibility index (Phi) is 6.42. The highest BCUT2D eigenvalue weighted by Gasteiger charge is 2.27. The Morgan fingerprint density at radius 1 is 1.12 bits per heavy atom. The molecule has 170 valence electrons. The number of fused-ring (bicyclic) bond motifs is 1. The average molecular weight is 436 g/mol. The number of methoxy groups -OCH3 is 1.